The standard InChI is InChI=1S/C30H32N2O3/c1-18(2)22-10-14-24(15-11-22)31-28-27(23-12-16-25(17-13-23)35-19(3)4)29(33)32(30(28)34)26-9-7-8-20(5)21(26)6/h7-19,31H,1-6H3. The molecule has 35 heavy (non-hydrogen) atoms. The van der Waals surface area contributed by atoms with Gasteiger partial charge in [-0.25, -0.2) is 4.90 Å². The monoisotopic (exact) mass is 468 g/mol. The number of hydrogen-bond donors (Lipinski definition) is 1. The Kier molecular flexibility index (Phi) is 6.79. The number of amides is 2. The molecule has 3 aromatic carbocycles. The highest BCUT2D eigenvalue weighted by Crippen LogP contribution is 2.36. The Bertz CT molecular complexity index is 1290. The molecular formula is C30H32N2O3. The second kappa shape index (κ2) is 9.79. The molecule has 0 atom stereocenters. The molecule has 180 valence electrons. The van der Waals surface area contributed by atoms with E-state index in [-0.39, 0.29) is 23.6 Å². The number of ether oxygens (including phenoxy) is 1. The molecule has 2 amide bonds. The minimum absolute atomic E-state index is 0.0422. The fraction of sp³-hybridized carbons (Fsp3) is 0.267. The summed E-state index contributed by atoms with van der Waals surface area (Å²) in [5, 5.41) is 3.25. The first-order chi connectivity index (χ1) is 16.7. The third kappa shape index (κ3) is 4.85. The summed E-state index contributed by atoms with van der Waals surface area (Å²) in [5.74, 6) is 0.405. The number of benzene rings is 3. The minimum Gasteiger partial charge on any atom is -0.491 e. The number of hydrogen-bond acceptors (Lipinski definition) is 4. The van der Waals surface area contributed by atoms with Crippen LogP contribution in [0.2, 0.25) is 0 Å². The van der Waals surface area contributed by atoms with Gasteiger partial charge in [-0.1, -0.05) is 50.2 Å². The van der Waals surface area contributed by atoms with Gasteiger partial charge in [0.15, 0.2) is 0 Å². The molecule has 4 rings (SSSR count). The average Bonchev–Trinajstić information content (AvgIpc) is 3.05. The lowest BCUT2D eigenvalue weighted by atomic mass is 10.0. The van der Waals surface area contributed by atoms with E-state index in [0.29, 0.717) is 28.5 Å². The largest absolute Gasteiger partial charge is 0.491 e. The van der Waals surface area contributed by atoms with Crippen molar-refractivity contribution in [3.8, 4) is 5.75 Å². The molecule has 0 bridgehead atoms. The summed E-state index contributed by atoms with van der Waals surface area (Å²) in [7, 11) is 0. The van der Waals surface area contributed by atoms with Crippen molar-refractivity contribution >= 4 is 28.8 Å². The summed E-state index contributed by atoms with van der Waals surface area (Å²) in [5.41, 5.74) is 5.76. The van der Waals surface area contributed by atoms with E-state index in [1.807, 2.05) is 94.4 Å². The number of nitrogens with zero attached hydrogens (tertiary/aromatic N) is 1. The van der Waals surface area contributed by atoms with E-state index >= 15 is 0 Å². The van der Waals surface area contributed by atoms with Crippen LogP contribution in [0.5, 0.6) is 5.75 Å². The van der Waals surface area contributed by atoms with E-state index in [2.05, 4.69) is 19.2 Å². The maximum absolute atomic E-state index is 13.8. The van der Waals surface area contributed by atoms with Crippen LogP contribution in [-0.2, 0) is 9.59 Å². The van der Waals surface area contributed by atoms with Crippen molar-refractivity contribution in [2.75, 3.05) is 10.2 Å². The molecule has 1 heterocycles. The highest BCUT2D eigenvalue weighted by molar-refractivity contribution is 6.46. The Morgan fingerprint density at radius 2 is 1.46 bits per heavy atom. The topological polar surface area (TPSA) is 58.6 Å². The van der Waals surface area contributed by atoms with Gasteiger partial charge in [0.25, 0.3) is 11.8 Å². The quantitative estimate of drug-likeness (QED) is 0.396. The molecule has 0 saturated heterocycles. The van der Waals surface area contributed by atoms with Crippen molar-refractivity contribution in [3.05, 3.63) is 94.7 Å². The van der Waals surface area contributed by atoms with Gasteiger partial charge in [-0.15, -0.1) is 0 Å². The van der Waals surface area contributed by atoms with Crippen LogP contribution in [-0.4, -0.2) is 17.9 Å². The third-order valence-electron chi connectivity index (χ3n) is 6.26. The summed E-state index contributed by atoms with van der Waals surface area (Å²) >= 11 is 0. The smallest absolute Gasteiger partial charge is 0.282 e. The van der Waals surface area contributed by atoms with Gasteiger partial charge in [0.2, 0.25) is 0 Å². The summed E-state index contributed by atoms with van der Waals surface area (Å²) in [6, 6.07) is 20.9. The van der Waals surface area contributed by atoms with E-state index in [1.165, 1.54) is 10.5 Å². The molecule has 0 radical (unpaired) electrons. The van der Waals surface area contributed by atoms with Crippen LogP contribution in [0.1, 0.15) is 55.9 Å². The molecule has 0 unspecified atom stereocenters. The van der Waals surface area contributed by atoms with Gasteiger partial charge in [-0.2, -0.15) is 0 Å². The molecule has 0 spiro atoms. The van der Waals surface area contributed by atoms with E-state index < -0.39 is 0 Å². The molecule has 0 saturated carbocycles. The molecule has 3 aromatic rings. The van der Waals surface area contributed by atoms with Crippen molar-refractivity contribution in [1.82, 2.24) is 0 Å². The average molecular weight is 469 g/mol. The number of carbonyl (C=O) groups is 2. The zero-order valence-corrected chi connectivity index (χ0v) is 21.2. The van der Waals surface area contributed by atoms with Gasteiger partial charge in [0.05, 0.1) is 17.4 Å². The lowest BCUT2D eigenvalue weighted by Gasteiger charge is -2.19. The summed E-state index contributed by atoms with van der Waals surface area (Å²) in [4.78, 5) is 28.8. The van der Waals surface area contributed by atoms with Crippen LogP contribution in [0.3, 0.4) is 0 Å². The Balaban J connectivity index is 1.78. The fourth-order valence-electron chi connectivity index (χ4n) is 4.18. The molecule has 1 N–H and O–H groups in total. The van der Waals surface area contributed by atoms with Crippen molar-refractivity contribution in [3.63, 3.8) is 0 Å². The van der Waals surface area contributed by atoms with Crippen LogP contribution in [0.4, 0.5) is 11.4 Å². The highest BCUT2D eigenvalue weighted by Gasteiger charge is 2.41. The first-order valence-electron chi connectivity index (χ1n) is 12.0. The second-order valence-corrected chi connectivity index (χ2v) is 9.51. The number of aryl methyl sites for hydroxylation is 1. The molecule has 5 nitrogen and oxygen atoms in total. The lowest BCUT2D eigenvalue weighted by Crippen LogP contribution is -2.33. The number of carbonyl (C=O) groups excluding carboxylic acids is 2. The summed E-state index contributed by atoms with van der Waals surface area (Å²) in [6.45, 7) is 12.1. The lowest BCUT2D eigenvalue weighted by molar-refractivity contribution is -0.120. The van der Waals surface area contributed by atoms with Gasteiger partial charge in [-0.3, -0.25) is 9.59 Å². The second-order valence-electron chi connectivity index (χ2n) is 9.51. The predicted molar refractivity (Wildman–Crippen MR) is 142 cm³/mol. The number of rotatable bonds is 7. The van der Waals surface area contributed by atoms with E-state index in [0.717, 1.165) is 16.8 Å². The maximum atomic E-state index is 13.8. The number of nitrogens with one attached hydrogen (secondary N) is 1. The van der Waals surface area contributed by atoms with Crippen LogP contribution in [0, 0.1) is 13.8 Å². The molecule has 5 heteroatoms. The van der Waals surface area contributed by atoms with Crippen molar-refractivity contribution in [2.24, 2.45) is 0 Å². The van der Waals surface area contributed by atoms with Gasteiger partial charge in [0, 0.05) is 5.69 Å². The fourth-order valence-corrected chi connectivity index (χ4v) is 4.18. The molecule has 0 aromatic heterocycles. The maximum Gasteiger partial charge on any atom is 0.282 e. The van der Waals surface area contributed by atoms with Gasteiger partial charge in [-0.05, 0) is 86.2 Å². The zero-order chi connectivity index (χ0) is 25.3. The Hall–Kier alpha value is -3.86. The number of anilines is 2. The minimum atomic E-state index is -0.367. The molecule has 0 fully saturated rings. The van der Waals surface area contributed by atoms with Gasteiger partial charge in [0.1, 0.15) is 11.4 Å². The van der Waals surface area contributed by atoms with E-state index in [9.17, 15) is 9.59 Å². The van der Waals surface area contributed by atoms with E-state index in [4.69, 9.17) is 4.74 Å². The number of imide groups is 1. The molecule has 1 aliphatic rings. The SMILES string of the molecule is Cc1cccc(N2C(=O)C(Nc3ccc(C(C)C)cc3)=C(c3ccc(OC(C)C)cc3)C2=O)c1C. The summed E-state index contributed by atoms with van der Waals surface area (Å²) < 4.78 is 5.76. The summed E-state index contributed by atoms with van der Waals surface area (Å²) in [6.07, 6.45) is 0.0422. The molecule has 0 aliphatic carbocycles. The third-order valence-corrected chi connectivity index (χ3v) is 6.26. The van der Waals surface area contributed by atoms with Crippen molar-refractivity contribution < 1.29 is 14.3 Å². The normalized spacial score (nSPS) is 13.9. The zero-order valence-electron chi connectivity index (χ0n) is 21.2. The first-order valence-corrected chi connectivity index (χ1v) is 12.0. The van der Waals surface area contributed by atoms with Crippen LogP contribution >= 0.6 is 0 Å². The van der Waals surface area contributed by atoms with Crippen LogP contribution in [0.15, 0.2) is 72.4 Å². The van der Waals surface area contributed by atoms with Crippen LogP contribution in [0.25, 0.3) is 5.57 Å². The van der Waals surface area contributed by atoms with Gasteiger partial charge < -0.3 is 10.1 Å². The Morgan fingerprint density at radius 3 is 2.06 bits per heavy atom. The van der Waals surface area contributed by atoms with Crippen molar-refractivity contribution in [2.45, 2.75) is 53.6 Å². The molecular weight excluding hydrogens is 436 g/mol. The Morgan fingerprint density at radius 1 is 0.800 bits per heavy atom. The first kappa shape index (κ1) is 24.3. The van der Waals surface area contributed by atoms with E-state index in [1.54, 1.807) is 0 Å². The predicted octanol–water partition coefficient (Wildman–Crippen LogP) is 6.61. The van der Waals surface area contributed by atoms with Gasteiger partial charge >= 0.3 is 0 Å². The molecule has 1 aliphatic heterocycles. The Labute approximate surface area is 207 Å². The highest BCUT2D eigenvalue weighted by atomic mass is 16.5. The van der Waals surface area contributed by atoms with Crippen molar-refractivity contribution in [1.29, 1.82) is 0 Å². The van der Waals surface area contributed by atoms with Crippen LogP contribution < -0.4 is 15.0 Å².